The first kappa shape index (κ1) is 13.0. The van der Waals surface area contributed by atoms with Crippen molar-refractivity contribution in [3.05, 3.63) is 0 Å². The number of carbonyl (C=O) groups is 1. The van der Waals surface area contributed by atoms with Crippen LogP contribution in [0.2, 0.25) is 0 Å². The minimum absolute atomic E-state index is 0.111. The molecule has 0 bridgehead atoms. The lowest BCUT2D eigenvalue weighted by Gasteiger charge is -2.01. The molecule has 0 radical (unpaired) electrons. The summed E-state index contributed by atoms with van der Waals surface area (Å²) < 4.78 is 0. The lowest BCUT2D eigenvalue weighted by molar-refractivity contribution is -0.137. The predicted molar refractivity (Wildman–Crippen MR) is 43.6 cm³/mol. The topological polar surface area (TPSA) is 60.8 Å². The van der Waals surface area contributed by atoms with Crippen molar-refractivity contribution in [3.63, 3.8) is 0 Å². The normalized spacial score (nSPS) is 8.82. The molecule has 0 fully saturated rings. The average molecular weight is 163 g/mol. The number of nitrogens with zero attached hydrogens (tertiary/aromatic N) is 1. The molecule has 0 aromatic carbocycles. The molecule has 68 valence electrons. The summed E-state index contributed by atoms with van der Waals surface area (Å²) in [7, 11) is 3.43. The minimum atomic E-state index is -0.787. The second kappa shape index (κ2) is 9.39. The minimum Gasteiger partial charge on any atom is -0.480 e. The predicted octanol–water partition coefficient (Wildman–Crippen LogP) is 0.0213. The summed E-state index contributed by atoms with van der Waals surface area (Å²) in [4.78, 5) is 11.4. The van der Waals surface area contributed by atoms with Gasteiger partial charge in [0.1, 0.15) is 0 Å². The Hall–Kier alpha value is -0.610. The highest BCUT2D eigenvalue weighted by molar-refractivity contribution is 5.68. The van der Waals surface area contributed by atoms with Crippen molar-refractivity contribution >= 4 is 5.97 Å². The van der Waals surface area contributed by atoms with Crippen LogP contribution < -0.4 is 0 Å². The maximum absolute atomic E-state index is 9.77. The highest BCUT2D eigenvalue weighted by atomic mass is 16.4. The highest BCUT2D eigenvalue weighted by Gasteiger charge is 1.94. The van der Waals surface area contributed by atoms with Crippen LogP contribution in [0.3, 0.4) is 0 Å². The lowest BCUT2D eigenvalue weighted by Crippen LogP contribution is -2.20. The van der Waals surface area contributed by atoms with Crippen molar-refractivity contribution in [1.29, 1.82) is 0 Å². The Morgan fingerprint density at radius 3 is 1.82 bits per heavy atom. The van der Waals surface area contributed by atoms with E-state index in [-0.39, 0.29) is 6.54 Å². The quantitative estimate of drug-likeness (QED) is 0.616. The molecule has 4 heteroatoms. The van der Waals surface area contributed by atoms with E-state index in [1.54, 1.807) is 19.0 Å². The maximum Gasteiger partial charge on any atom is 0.317 e. The van der Waals surface area contributed by atoms with E-state index in [9.17, 15) is 4.79 Å². The van der Waals surface area contributed by atoms with Crippen molar-refractivity contribution in [3.8, 4) is 0 Å². The smallest absolute Gasteiger partial charge is 0.317 e. The third-order valence-corrected chi connectivity index (χ3v) is 0.675. The van der Waals surface area contributed by atoms with Crippen molar-refractivity contribution in [2.75, 3.05) is 27.2 Å². The Morgan fingerprint density at radius 2 is 1.82 bits per heavy atom. The van der Waals surface area contributed by atoms with Crippen LogP contribution in [0.25, 0.3) is 0 Å². The number of carboxylic acids is 1. The van der Waals surface area contributed by atoms with Gasteiger partial charge in [0.2, 0.25) is 0 Å². The van der Waals surface area contributed by atoms with Crippen LogP contribution in [0.15, 0.2) is 0 Å². The number of rotatable bonds is 3. The fourth-order valence-electron chi connectivity index (χ4n) is 0.271. The molecule has 0 aromatic rings. The average Bonchev–Trinajstić information content (AvgIpc) is 1.85. The summed E-state index contributed by atoms with van der Waals surface area (Å²) in [6.07, 6.45) is 0.875. The monoisotopic (exact) mass is 163 g/mol. The first-order chi connectivity index (χ1) is 5.04. The van der Waals surface area contributed by atoms with Crippen LogP contribution in [0.1, 0.15) is 13.3 Å². The molecular formula is C7H17NO3. The molecule has 4 nitrogen and oxygen atoms in total. The summed E-state index contributed by atoms with van der Waals surface area (Å²) >= 11 is 0. The number of carboxylic acid groups (broad SMARTS) is 1. The molecule has 0 amide bonds. The third kappa shape index (κ3) is 26.6. The fourth-order valence-corrected chi connectivity index (χ4v) is 0.271. The second-order valence-corrected chi connectivity index (χ2v) is 2.36. The number of hydrogen-bond donors (Lipinski definition) is 2. The van der Waals surface area contributed by atoms with Gasteiger partial charge in [-0.05, 0) is 20.5 Å². The van der Waals surface area contributed by atoms with Crippen LogP contribution >= 0.6 is 0 Å². The van der Waals surface area contributed by atoms with Gasteiger partial charge in [0.25, 0.3) is 0 Å². The Morgan fingerprint density at radius 1 is 1.45 bits per heavy atom. The van der Waals surface area contributed by atoms with Crippen molar-refractivity contribution in [2.45, 2.75) is 13.3 Å². The molecule has 0 aliphatic heterocycles. The molecule has 0 saturated carbocycles. The van der Waals surface area contributed by atoms with Crippen molar-refractivity contribution < 1.29 is 15.0 Å². The number of aliphatic hydroxyl groups excluding tert-OH is 1. The van der Waals surface area contributed by atoms with E-state index in [2.05, 4.69) is 0 Å². The zero-order valence-electron chi connectivity index (χ0n) is 7.37. The van der Waals surface area contributed by atoms with Crippen molar-refractivity contribution in [2.24, 2.45) is 0 Å². The number of aliphatic carboxylic acids is 1. The molecular weight excluding hydrogens is 146 g/mol. The van der Waals surface area contributed by atoms with Crippen LogP contribution in [-0.2, 0) is 4.79 Å². The van der Waals surface area contributed by atoms with Gasteiger partial charge in [0.15, 0.2) is 0 Å². The zero-order chi connectivity index (χ0) is 9.28. The number of aliphatic hydroxyl groups is 1. The molecule has 0 heterocycles. The zero-order valence-corrected chi connectivity index (χ0v) is 7.37. The van der Waals surface area contributed by atoms with Gasteiger partial charge in [0.05, 0.1) is 6.54 Å². The maximum atomic E-state index is 9.77. The van der Waals surface area contributed by atoms with E-state index in [1.807, 2.05) is 6.92 Å². The van der Waals surface area contributed by atoms with Crippen LogP contribution in [0.4, 0.5) is 0 Å². The molecule has 0 saturated heterocycles. The van der Waals surface area contributed by atoms with Gasteiger partial charge < -0.3 is 10.2 Å². The Bertz CT molecular complexity index is 91.7. The Labute approximate surface area is 67.4 Å². The van der Waals surface area contributed by atoms with Gasteiger partial charge in [-0.1, -0.05) is 6.92 Å². The summed E-state index contributed by atoms with van der Waals surface area (Å²) in [5, 5.41) is 15.9. The van der Waals surface area contributed by atoms with E-state index in [1.165, 1.54) is 0 Å². The van der Waals surface area contributed by atoms with Gasteiger partial charge in [0, 0.05) is 6.61 Å². The first-order valence-corrected chi connectivity index (χ1v) is 3.52. The molecule has 0 aliphatic rings. The van der Waals surface area contributed by atoms with E-state index in [4.69, 9.17) is 10.2 Å². The van der Waals surface area contributed by atoms with Gasteiger partial charge >= 0.3 is 5.97 Å². The SMILES string of the molecule is CCCO.CN(C)CC(=O)O. The number of hydrogen-bond acceptors (Lipinski definition) is 3. The largest absolute Gasteiger partial charge is 0.480 e. The molecule has 11 heavy (non-hydrogen) atoms. The van der Waals surface area contributed by atoms with Crippen LogP contribution in [0.5, 0.6) is 0 Å². The standard InChI is InChI=1S/C4H9NO2.C3H8O/c1-5(2)3-4(6)7;1-2-3-4/h3H2,1-2H3,(H,6,7);4H,2-3H2,1H3. The molecule has 0 spiro atoms. The Kier molecular flexibility index (Phi) is 11.1. The highest BCUT2D eigenvalue weighted by Crippen LogP contribution is 1.69. The third-order valence-electron chi connectivity index (χ3n) is 0.675. The summed E-state index contributed by atoms with van der Waals surface area (Å²) in [5.74, 6) is -0.787. The van der Waals surface area contributed by atoms with Gasteiger partial charge in [-0.15, -0.1) is 0 Å². The molecule has 0 unspecified atom stereocenters. The first-order valence-electron chi connectivity index (χ1n) is 3.52. The molecule has 0 atom stereocenters. The second-order valence-electron chi connectivity index (χ2n) is 2.36. The van der Waals surface area contributed by atoms with Gasteiger partial charge in [-0.25, -0.2) is 0 Å². The molecule has 0 aliphatic carbocycles. The van der Waals surface area contributed by atoms with E-state index >= 15 is 0 Å². The van der Waals surface area contributed by atoms with E-state index < -0.39 is 5.97 Å². The molecule has 0 rings (SSSR count). The van der Waals surface area contributed by atoms with Crippen LogP contribution in [0, 0.1) is 0 Å². The van der Waals surface area contributed by atoms with Crippen LogP contribution in [-0.4, -0.2) is 48.3 Å². The summed E-state index contributed by atoms with van der Waals surface area (Å²) in [6.45, 7) is 2.36. The lowest BCUT2D eigenvalue weighted by atomic mass is 10.5. The number of likely N-dealkylation sites (N-methyl/N-ethyl adjacent to an activating group) is 1. The van der Waals surface area contributed by atoms with Crippen molar-refractivity contribution in [1.82, 2.24) is 4.90 Å². The van der Waals surface area contributed by atoms with Gasteiger partial charge in [-0.3, -0.25) is 9.69 Å². The summed E-state index contributed by atoms with van der Waals surface area (Å²) in [5.41, 5.74) is 0. The van der Waals surface area contributed by atoms with E-state index in [0.717, 1.165) is 6.42 Å². The van der Waals surface area contributed by atoms with Gasteiger partial charge in [-0.2, -0.15) is 0 Å². The fraction of sp³-hybridized carbons (Fsp3) is 0.857. The molecule has 2 N–H and O–H groups in total. The summed E-state index contributed by atoms with van der Waals surface area (Å²) in [6, 6.07) is 0. The molecule has 0 aromatic heterocycles. The van der Waals surface area contributed by atoms with E-state index in [0.29, 0.717) is 6.61 Å². The Balaban J connectivity index is 0.